The molecule has 1 aromatic carbocycles. The van der Waals surface area contributed by atoms with Gasteiger partial charge in [0, 0.05) is 30.1 Å². The molecule has 2 aromatic heterocycles. The van der Waals surface area contributed by atoms with E-state index in [0.29, 0.717) is 31.3 Å². The van der Waals surface area contributed by atoms with Crippen molar-refractivity contribution in [1.82, 2.24) is 19.7 Å². The van der Waals surface area contributed by atoms with Gasteiger partial charge in [-0.1, -0.05) is 18.2 Å². The van der Waals surface area contributed by atoms with Gasteiger partial charge < -0.3 is 9.64 Å². The van der Waals surface area contributed by atoms with E-state index in [0.717, 1.165) is 59.3 Å². The molecular weight excluding hydrogens is 489 g/mol. The lowest BCUT2D eigenvalue weighted by atomic mass is 9.97. The molecule has 0 N–H and O–H groups in total. The lowest BCUT2D eigenvalue weighted by Gasteiger charge is -2.31. The maximum atomic E-state index is 12.9. The van der Waals surface area contributed by atoms with Crippen molar-refractivity contribution in [2.24, 2.45) is 0 Å². The van der Waals surface area contributed by atoms with Gasteiger partial charge in [0.1, 0.15) is 12.3 Å². The molecule has 1 saturated heterocycles. The fourth-order valence-electron chi connectivity index (χ4n) is 4.50. The van der Waals surface area contributed by atoms with Crippen molar-refractivity contribution < 1.29 is 22.7 Å². The zero-order valence-electron chi connectivity index (χ0n) is 20.6. The number of alkyl halides is 3. The molecular formula is C26H31F3N4O2S. The quantitative estimate of drug-likeness (QED) is 0.366. The summed E-state index contributed by atoms with van der Waals surface area (Å²) >= 11 is 1.67. The molecule has 0 bridgehead atoms. The number of rotatable bonds is 9. The Bertz CT molecular complexity index is 1170. The number of thiazole rings is 1. The molecule has 1 aliphatic heterocycles. The van der Waals surface area contributed by atoms with Crippen LogP contribution < -0.4 is 4.74 Å². The third-order valence-electron chi connectivity index (χ3n) is 6.47. The minimum atomic E-state index is -4.52. The van der Waals surface area contributed by atoms with Crippen LogP contribution in [0, 0.1) is 6.92 Å². The van der Waals surface area contributed by atoms with Crippen LogP contribution in [0.2, 0.25) is 0 Å². The molecule has 36 heavy (non-hydrogen) atoms. The summed E-state index contributed by atoms with van der Waals surface area (Å²) in [6.45, 7) is 5.12. The number of piperidine rings is 1. The largest absolute Gasteiger partial charge is 0.494 e. The predicted molar refractivity (Wildman–Crippen MR) is 132 cm³/mol. The maximum Gasteiger partial charge on any atom is 0.435 e. The van der Waals surface area contributed by atoms with Gasteiger partial charge in [0.15, 0.2) is 5.69 Å². The zero-order chi connectivity index (χ0) is 25.7. The van der Waals surface area contributed by atoms with Gasteiger partial charge >= 0.3 is 6.18 Å². The monoisotopic (exact) mass is 520 g/mol. The maximum absolute atomic E-state index is 12.9. The number of halogens is 3. The molecule has 0 radical (unpaired) electrons. The number of para-hydroxylation sites is 1. The summed E-state index contributed by atoms with van der Waals surface area (Å²) in [5, 5.41) is 6.79. The van der Waals surface area contributed by atoms with Gasteiger partial charge in [0.25, 0.3) is 0 Å². The van der Waals surface area contributed by atoms with Gasteiger partial charge in [-0.3, -0.25) is 9.48 Å². The first-order chi connectivity index (χ1) is 17.2. The van der Waals surface area contributed by atoms with Crippen molar-refractivity contribution in [2.45, 2.75) is 64.6 Å². The van der Waals surface area contributed by atoms with Crippen LogP contribution in [-0.4, -0.2) is 45.3 Å². The standard InChI is InChI=1S/C26H31F3N4O2S/c1-3-35-22-10-5-4-7-19(22)8-6-9-21-17-36-25(30-21)20-11-13-32(14-12-20)24(34)16-33-18(2)15-23(31-33)26(27,28)29/h4-5,7,10,15,17,20H,3,6,8-9,11-14,16H2,1-2H3. The minimum Gasteiger partial charge on any atom is -0.494 e. The Morgan fingerprint density at radius 2 is 1.94 bits per heavy atom. The van der Waals surface area contributed by atoms with E-state index in [1.165, 1.54) is 12.5 Å². The predicted octanol–water partition coefficient (Wildman–Crippen LogP) is 5.65. The molecule has 6 nitrogen and oxygen atoms in total. The first kappa shape index (κ1) is 26.2. The lowest BCUT2D eigenvalue weighted by molar-refractivity contribution is -0.142. The van der Waals surface area contributed by atoms with Crippen molar-refractivity contribution in [2.75, 3.05) is 19.7 Å². The van der Waals surface area contributed by atoms with Gasteiger partial charge in [0.05, 0.1) is 17.3 Å². The van der Waals surface area contributed by atoms with Crippen molar-refractivity contribution in [3.05, 3.63) is 63.4 Å². The third-order valence-corrected chi connectivity index (χ3v) is 7.53. The summed E-state index contributed by atoms with van der Waals surface area (Å²) in [5.74, 6) is 1.04. The number of nitrogens with zero attached hydrogens (tertiary/aromatic N) is 4. The Hall–Kier alpha value is -2.88. The van der Waals surface area contributed by atoms with Gasteiger partial charge in [-0.05, 0) is 63.6 Å². The highest BCUT2D eigenvalue weighted by Gasteiger charge is 2.35. The molecule has 194 valence electrons. The van der Waals surface area contributed by atoms with Gasteiger partial charge in [-0.15, -0.1) is 11.3 Å². The molecule has 0 spiro atoms. The number of carbonyl (C=O) groups is 1. The second-order valence-electron chi connectivity index (χ2n) is 9.05. The molecule has 0 aliphatic carbocycles. The number of aromatic nitrogens is 3. The molecule has 1 aliphatic rings. The average Bonchev–Trinajstić information content (AvgIpc) is 3.47. The van der Waals surface area contributed by atoms with E-state index in [4.69, 9.17) is 9.72 Å². The van der Waals surface area contributed by atoms with Crippen LogP contribution in [0.4, 0.5) is 13.2 Å². The van der Waals surface area contributed by atoms with Crippen LogP contribution in [0.5, 0.6) is 5.75 Å². The summed E-state index contributed by atoms with van der Waals surface area (Å²) in [6, 6.07) is 9.10. The Kier molecular flexibility index (Phi) is 8.33. The van der Waals surface area contributed by atoms with E-state index in [-0.39, 0.29) is 12.5 Å². The van der Waals surface area contributed by atoms with E-state index in [2.05, 4.69) is 16.5 Å². The zero-order valence-corrected chi connectivity index (χ0v) is 21.4. The molecule has 3 aromatic rings. The summed E-state index contributed by atoms with van der Waals surface area (Å²) in [7, 11) is 0. The van der Waals surface area contributed by atoms with E-state index in [1.54, 1.807) is 16.2 Å². The number of benzene rings is 1. The van der Waals surface area contributed by atoms with Crippen LogP contribution in [0.25, 0.3) is 0 Å². The Balaban J connectivity index is 1.25. The number of aryl methyl sites for hydroxylation is 3. The number of ether oxygens (including phenoxy) is 1. The molecule has 10 heteroatoms. The van der Waals surface area contributed by atoms with Crippen LogP contribution in [-0.2, 0) is 30.4 Å². The Labute approximate surface area is 213 Å². The van der Waals surface area contributed by atoms with Gasteiger partial charge in [-0.2, -0.15) is 18.3 Å². The van der Waals surface area contributed by atoms with E-state index >= 15 is 0 Å². The van der Waals surface area contributed by atoms with Crippen LogP contribution in [0.15, 0.2) is 35.7 Å². The SMILES string of the molecule is CCOc1ccccc1CCCc1csc(C2CCN(C(=O)Cn3nc(C(F)(F)F)cc3C)CC2)n1. The molecule has 0 atom stereocenters. The first-order valence-corrected chi connectivity index (χ1v) is 13.2. The summed E-state index contributed by atoms with van der Waals surface area (Å²) in [5.41, 5.74) is 1.66. The fourth-order valence-corrected chi connectivity index (χ4v) is 5.53. The van der Waals surface area contributed by atoms with E-state index < -0.39 is 11.9 Å². The first-order valence-electron chi connectivity index (χ1n) is 12.3. The molecule has 0 saturated carbocycles. The molecule has 1 amide bonds. The fraction of sp³-hybridized carbons (Fsp3) is 0.500. The third kappa shape index (κ3) is 6.46. The highest BCUT2D eigenvalue weighted by Crippen LogP contribution is 2.31. The van der Waals surface area contributed by atoms with E-state index in [9.17, 15) is 18.0 Å². The smallest absolute Gasteiger partial charge is 0.435 e. The highest BCUT2D eigenvalue weighted by atomic mass is 32.1. The van der Waals surface area contributed by atoms with Gasteiger partial charge in [0.2, 0.25) is 5.91 Å². The van der Waals surface area contributed by atoms with Crippen molar-refractivity contribution in [3.63, 3.8) is 0 Å². The van der Waals surface area contributed by atoms with Crippen molar-refractivity contribution >= 4 is 17.2 Å². The molecule has 3 heterocycles. The normalized spacial score (nSPS) is 14.9. The number of hydrogen-bond donors (Lipinski definition) is 0. The molecule has 1 fully saturated rings. The van der Waals surface area contributed by atoms with Crippen LogP contribution >= 0.6 is 11.3 Å². The number of amides is 1. The average molecular weight is 521 g/mol. The second-order valence-corrected chi connectivity index (χ2v) is 9.94. The van der Waals surface area contributed by atoms with Crippen LogP contribution in [0.3, 0.4) is 0 Å². The number of carbonyl (C=O) groups excluding carboxylic acids is 1. The topological polar surface area (TPSA) is 60.2 Å². The highest BCUT2D eigenvalue weighted by molar-refractivity contribution is 7.09. The summed E-state index contributed by atoms with van der Waals surface area (Å²) in [4.78, 5) is 19.3. The lowest BCUT2D eigenvalue weighted by Crippen LogP contribution is -2.40. The minimum absolute atomic E-state index is 0.180. The number of likely N-dealkylation sites (tertiary alicyclic amines) is 1. The van der Waals surface area contributed by atoms with Crippen LogP contribution in [0.1, 0.15) is 59.8 Å². The van der Waals surface area contributed by atoms with E-state index in [1.807, 2.05) is 25.1 Å². The van der Waals surface area contributed by atoms with Crippen molar-refractivity contribution in [1.29, 1.82) is 0 Å². The Morgan fingerprint density at radius 3 is 2.64 bits per heavy atom. The second kappa shape index (κ2) is 11.5. The summed E-state index contributed by atoms with van der Waals surface area (Å²) < 4.78 is 45.5. The molecule has 0 unspecified atom stereocenters. The summed E-state index contributed by atoms with van der Waals surface area (Å²) in [6.07, 6.45) is -0.0964. The van der Waals surface area contributed by atoms with Crippen molar-refractivity contribution in [3.8, 4) is 5.75 Å². The number of hydrogen-bond acceptors (Lipinski definition) is 5. The molecule has 4 rings (SSSR count). The van der Waals surface area contributed by atoms with Gasteiger partial charge in [-0.25, -0.2) is 4.98 Å². The Morgan fingerprint density at radius 1 is 1.19 bits per heavy atom.